The van der Waals surface area contributed by atoms with Gasteiger partial charge in [0, 0.05) is 19.2 Å². The fourth-order valence-corrected chi connectivity index (χ4v) is 3.79. The average molecular weight is 382 g/mol. The molecule has 2 aromatic rings. The number of fused-ring (bicyclic) bond motifs is 3. The standard InChI is InChI=1S/C21H23FN4O2/c1-25(11-5-10-23)21(27)26-20(14-6-3-2-4-7-14)17-13-28-18-9-8-15(22)12-16(18)19(17)24-26/h2-4,6-9,12,17,20H,5,10-11,13,23H2,1H3. The van der Waals surface area contributed by atoms with Crippen molar-refractivity contribution in [1.82, 2.24) is 9.91 Å². The molecule has 0 saturated carbocycles. The Morgan fingerprint density at radius 3 is 2.86 bits per heavy atom. The SMILES string of the molecule is CN(CCCN)C(=O)N1N=C2c3cc(F)ccc3OCC2C1c1ccccc1. The Morgan fingerprint density at radius 1 is 1.32 bits per heavy atom. The molecule has 2 amide bonds. The molecule has 6 nitrogen and oxygen atoms in total. The molecule has 0 radical (unpaired) electrons. The predicted octanol–water partition coefficient (Wildman–Crippen LogP) is 3.00. The van der Waals surface area contributed by atoms with Gasteiger partial charge >= 0.3 is 6.03 Å². The second kappa shape index (κ2) is 7.59. The summed E-state index contributed by atoms with van der Waals surface area (Å²) in [5.41, 5.74) is 7.85. The van der Waals surface area contributed by atoms with Crippen molar-refractivity contribution >= 4 is 11.7 Å². The third-order valence-electron chi connectivity index (χ3n) is 5.21. The summed E-state index contributed by atoms with van der Waals surface area (Å²) in [7, 11) is 1.74. The minimum atomic E-state index is -0.355. The smallest absolute Gasteiger partial charge is 0.340 e. The zero-order chi connectivity index (χ0) is 19.7. The second-order valence-corrected chi connectivity index (χ2v) is 7.09. The van der Waals surface area contributed by atoms with E-state index in [1.54, 1.807) is 18.0 Å². The number of hydrogen-bond acceptors (Lipinski definition) is 4. The van der Waals surface area contributed by atoms with E-state index in [1.807, 2.05) is 30.3 Å². The number of urea groups is 1. The molecular weight excluding hydrogens is 359 g/mol. The zero-order valence-corrected chi connectivity index (χ0v) is 15.7. The topological polar surface area (TPSA) is 71.2 Å². The van der Waals surface area contributed by atoms with Gasteiger partial charge in [0.25, 0.3) is 0 Å². The fraction of sp³-hybridized carbons (Fsp3) is 0.333. The third-order valence-corrected chi connectivity index (χ3v) is 5.21. The van der Waals surface area contributed by atoms with Gasteiger partial charge in [-0.25, -0.2) is 14.2 Å². The number of benzene rings is 2. The maximum Gasteiger partial charge on any atom is 0.340 e. The number of nitrogens with zero attached hydrogens (tertiary/aromatic N) is 3. The number of ether oxygens (including phenoxy) is 1. The Labute approximate surface area is 163 Å². The number of hydrazone groups is 1. The van der Waals surface area contributed by atoms with Crippen LogP contribution < -0.4 is 10.5 Å². The summed E-state index contributed by atoms with van der Waals surface area (Å²) in [4.78, 5) is 14.8. The Kier molecular flexibility index (Phi) is 5.00. The summed E-state index contributed by atoms with van der Waals surface area (Å²) < 4.78 is 19.8. The number of halogens is 1. The maximum atomic E-state index is 13.9. The van der Waals surface area contributed by atoms with Crippen molar-refractivity contribution in [2.45, 2.75) is 12.5 Å². The van der Waals surface area contributed by atoms with Crippen LogP contribution in [0.1, 0.15) is 23.6 Å². The molecule has 2 heterocycles. The molecule has 0 spiro atoms. The van der Waals surface area contributed by atoms with Crippen molar-refractivity contribution in [2.75, 3.05) is 26.7 Å². The molecule has 2 aliphatic rings. The van der Waals surface area contributed by atoms with Crippen LogP contribution in [-0.2, 0) is 0 Å². The highest BCUT2D eigenvalue weighted by Gasteiger charge is 2.45. The first-order valence-corrected chi connectivity index (χ1v) is 9.40. The Hall–Kier alpha value is -2.93. The van der Waals surface area contributed by atoms with Crippen molar-refractivity contribution in [3.05, 3.63) is 65.5 Å². The minimum absolute atomic E-state index is 0.163. The highest BCUT2D eigenvalue weighted by atomic mass is 19.1. The van der Waals surface area contributed by atoms with Crippen LogP contribution >= 0.6 is 0 Å². The van der Waals surface area contributed by atoms with Crippen LogP contribution in [0.15, 0.2) is 53.6 Å². The number of rotatable bonds is 4. The number of carbonyl (C=O) groups excluding carboxylic acids is 1. The number of carbonyl (C=O) groups is 1. The van der Waals surface area contributed by atoms with Gasteiger partial charge in [-0.2, -0.15) is 5.10 Å². The predicted molar refractivity (Wildman–Crippen MR) is 105 cm³/mol. The molecule has 28 heavy (non-hydrogen) atoms. The summed E-state index contributed by atoms with van der Waals surface area (Å²) in [5.74, 6) is 0.0735. The largest absolute Gasteiger partial charge is 0.492 e. The van der Waals surface area contributed by atoms with E-state index in [2.05, 4.69) is 5.10 Å². The van der Waals surface area contributed by atoms with Gasteiger partial charge in [0.2, 0.25) is 0 Å². The van der Waals surface area contributed by atoms with E-state index in [0.717, 1.165) is 5.56 Å². The van der Waals surface area contributed by atoms with Gasteiger partial charge < -0.3 is 15.4 Å². The first-order chi connectivity index (χ1) is 13.6. The van der Waals surface area contributed by atoms with Crippen molar-refractivity contribution in [3.8, 4) is 5.75 Å². The van der Waals surface area contributed by atoms with Gasteiger partial charge in [0.1, 0.15) is 11.6 Å². The van der Waals surface area contributed by atoms with Crippen LogP contribution in [0.4, 0.5) is 9.18 Å². The van der Waals surface area contributed by atoms with E-state index in [4.69, 9.17) is 10.5 Å². The average Bonchev–Trinajstić information content (AvgIpc) is 3.12. The fourth-order valence-electron chi connectivity index (χ4n) is 3.79. The number of amides is 2. The van der Waals surface area contributed by atoms with Gasteiger partial charge in [-0.05, 0) is 36.7 Å². The second-order valence-electron chi connectivity index (χ2n) is 7.09. The van der Waals surface area contributed by atoms with Crippen molar-refractivity contribution < 1.29 is 13.9 Å². The molecule has 0 aliphatic carbocycles. The maximum absolute atomic E-state index is 13.9. The molecular formula is C21H23FN4O2. The molecule has 2 N–H and O–H groups in total. The molecule has 2 atom stereocenters. The monoisotopic (exact) mass is 382 g/mol. The van der Waals surface area contributed by atoms with Crippen molar-refractivity contribution in [2.24, 2.45) is 16.8 Å². The highest BCUT2D eigenvalue weighted by molar-refractivity contribution is 6.07. The van der Waals surface area contributed by atoms with Crippen molar-refractivity contribution in [3.63, 3.8) is 0 Å². The highest BCUT2D eigenvalue weighted by Crippen LogP contribution is 2.42. The van der Waals surface area contributed by atoms with Crippen LogP contribution in [0.5, 0.6) is 5.75 Å². The first kappa shape index (κ1) is 18.4. The molecule has 0 bridgehead atoms. The van der Waals surface area contributed by atoms with Gasteiger partial charge in [0.05, 0.1) is 24.3 Å². The molecule has 0 fully saturated rings. The quantitative estimate of drug-likeness (QED) is 0.884. The Balaban J connectivity index is 1.74. The summed E-state index contributed by atoms with van der Waals surface area (Å²) >= 11 is 0. The van der Waals surface area contributed by atoms with Gasteiger partial charge in [-0.3, -0.25) is 0 Å². The number of nitrogens with two attached hydrogens (primary N) is 1. The first-order valence-electron chi connectivity index (χ1n) is 9.40. The molecule has 2 aliphatic heterocycles. The van der Waals surface area contributed by atoms with E-state index in [-0.39, 0.29) is 23.8 Å². The summed E-state index contributed by atoms with van der Waals surface area (Å²) in [6.45, 7) is 1.44. The van der Waals surface area contributed by atoms with Crippen LogP contribution in [0.2, 0.25) is 0 Å². The normalized spacial score (nSPS) is 20.1. The Morgan fingerprint density at radius 2 is 2.11 bits per heavy atom. The molecule has 4 rings (SSSR count). The van der Waals surface area contributed by atoms with Crippen molar-refractivity contribution in [1.29, 1.82) is 0 Å². The summed E-state index contributed by atoms with van der Waals surface area (Å²) in [5, 5.41) is 6.17. The lowest BCUT2D eigenvalue weighted by atomic mass is 9.86. The lowest BCUT2D eigenvalue weighted by molar-refractivity contribution is 0.133. The van der Waals surface area contributed by atoms with E-state index < -0.39 is 0 Å². The molecule has 7 heteroatoms. The molecule has 0 aromatic heterocycles. The minimum Gasteiger partial charge on any atom is -0.492 e. The van der Waals surface area contributed by atoms with E-state index in [1.165, 1.54) is 17.1 Å². The molecule has 2 unspecified atom stereocenters. The molecule has 2 aromatic carbocycles. The third kappa shape index (κ3) is 3.22. The van der Waals surface area contributed by atoms with Crippen LogP contribution in [-0.4, -0.2) is 48.4 Å². The van der Waals surface area contributed by atoms with Gasteiger partial charge in [0.15, 0.2) is 0 Å². The van der Waals surface area contributed by atoms with Gasteiger partial charge in [-0.15, -0.1) is 0 Å². The zero-order valence-electron chi connectivity index (χ0n) is 15.7. The lowest BCUT2D eigenvalue weighted by Crippen LogP contribution is -2.41. The summed E-state index contributed by atoms with van der Waals surface area (Å²) in [6, 6.07) is 13.6. The van der Waals surface area contributed by atoms with Crippen LogP contribution in [0.25, 0.3) is 0 Å². The van der Waals surface area contributed by atoms with Crippen LogP contribution in [0.3, 0.4) is 0 Å². The lowest BCUT2D eigenvalue weighted by Gasteiger charge is -2.31. The molecule has 146 valence electrons. The van der Waals surface area contributed by atoms with Gasteiger partial charge in [-0.1, -0.05) is 30.3 Å². The molecule has 0 saturated heterocycles. The van der Waals surface area contributed by atoms with E-state index in [0.29, 0.717) is 43.1 Å². The summed E-state index contributed by atoms with van der Waals surface area (Å²) in [6.07, 6.45) is 0.712. The number of hydrogen-bond donors (Lipinski definition) is 1. The Bertz CT molecular complexity index is 903. The van der Waals surface area contributed by atoms with E-state index >= 15 is 0 Å². The van der Waals surface area contributed by atoms with E-state index in [9.17, 15) is 9.18 Å². The van der Waals surface area contributed by atoms with Crippen LogP contribution in [0, 0.1) is 11.7 Å².